The molecule has 1 aliphatic rings. The minimum absolute atomic E-state index is 0.0518. The van der Waals surface area contributed by atoms with Gasteiger partial charge in [-0.25, -0.2) is 4.79 Å². The molecule has 6 nitrogen and oxygen atoms in total. The predicted octanol–water partition coefficient (Wildman–Crippen LogP) is 0.995. The number of carbonyl (C=O) groups is 3. The second kappa shape index (κ2) is 6.54. The molecule has 1 saturated heterocycles. The van der Waals surface area contributed by atoms with Crippen molar-refractivity contribution in [2.75, 3.05) is 6.54 Å². The zero-order valence-corrected chi connectivity index (χ0v) is 11.7. The van der Waals surface area contributed by atoms with Gasteiger partial charge in [0.1, 0.15) is 11.9 Å². The van der Waals surface area contributed by atoms with Crippen LogP contribution in [0, 0.1) is 5.92 Å². The number of carbonyl (C=O) groups excluding carboxylic acids is 3. The highest BCUT2D eigenvalue weighted by atomic mass is 16.6. The summed E-state index contributed by atoms with van der Waals surface area (Å²) in [6.45, 7) is 5.92. The number of aldehydes is 1. The summed E-state index contributed by atoms with van der Waals surface area (Å²) in [6.07, 6.45) is 1.96. The Labute approximate surface area is 113 Å². The molecule has 1 aliphatic heterocycles. The number of hydrogen-bond donors (Lipinski definition) is 2. The number of amides is 2. The lowest BCUT2D eigenvalue weighted by molar-refractivity contribution is -0.127. The number of piperidine rings is 1. The van der Waals surface area contributed by atoms with Crippen molar-refractivity contribution in [3.8, 4) is 0 Å². The number of hydrogen-bond acceptors (Lipinski definition) is 4. The normalized spacial score (nSPS) is 21.2. The molecule has 1 rings (SSSR count). The van der Waals surface area contributed by atoms with Crippen LogP contribution >= 0.6 is 0 Å². The Morgan fingerprint density at radius 1 is 1.58 bits per heavy atom. The van der Waals surface area contributed by atoms with Crippen molar-refractivity contribution >= 4 is 18.3 Å². The molecule has 0 radical (unpaired) electrons. The van der Waals surface area contributed by atoms with Gasteiger partial charge in [0.15, 0.2) is 0 Å². The van der Waals surface area contributed by atoms with Crippen molar-refractivity contribution < 1.29 is 19.1 Å². The zero-order chi connectivity index (χ0) is 14.5. The maximum atomic E-state index is 11.6. The van der Waals surface area contributed by atoms with Crippen LogP contribution in [0.4, 0.5) is 4.79 Å². The molecule has 0 aromatic carbocycles. The van der Waals surface area contributed by atoms with E-state index in [0.717, 1.165) is 12.8 Å². The largest absolute Gasteiger partial charge is 0.444 e. The lowest BCUT2D eigenvalue weighted by Crippen LogP contribution is -2.44. The molecule has 2 atom stereocenters. The minimum Gasteiger partial charge on any atom is -0.444 e. The summed E-state index contributed by atoms with van der Waals surface area (Å²) >= 11 is 0. The van der Waals surface area contributed by atoms with E-state index in [4.69, 9.17) is 4.74 Å². The molecule has 1 heterocycles. The summed E-state index contributed by atoms with van der Waals surface area (Å²) in [5, 5.41) is 5.24. The summed E-state index contributed by atoms with van der Waals surface area (Å²) < 4.78 is 5.08. The third-order valence-corrected chi connectivity index (χ3v) is 2.80. The Morgan fingerprint density at radius 2 is 2.26 bits per heavy atom. The molecule has 0 bridgehead atoms. The molecule has 0 unspecified atom stereocenters. The van der Waals surface area contributed by atoms with E-state index in [-0.39, 0.29) is 11.8 Å². The first kappa shape index (κ1) is 15.5. The molecular formula is C13H22N2O4. The van der Waals surface area contributed by atoms with Crippen LogP contribution in [0.1, 0.15) is 40.0 Å². The molecule has 2 N–H and O–H groups in total. The number of nitrogens with one attached hydrogen (secondary N) is 2. The lowest BCUT2D eigenvalue weighted by Gasteiger charge is -2.25. The van der Waals surface area contributed by atoms with Gasteiger partial charge in [0.25, 0.3) is 0 Å². The number of ether oxygens (including phenoxy) is 1. The van der Waals surface area contributed by atoms with E-state index in [0.29, 0.717) is 19.3 Å². The van der Waals surface area contributed by atoms with E-state index < -0.39 is 17.7 Å². The first-order valence-electron chi connectivity index (χ1n) is 6.54. The molecular weight excluding hydrogens is 248 g/mol. The highest BCUT2D eigenvalue weighted by Crippen LogP contribution is 2.17. The minimum atomic E-state index is -0.691. The molecule has 6 heteroatoms. The number of alkyl carbamates (subject to hydrolysis) is 1. The molecule has 2 amide bonds. The van der Waals surface area contributed by atoms with Gasteiger partial charge in [-0.3, -0.25) is 4.79 Å². The Bertz CT molecular complexity index is 349. The quantitative estimate of drug-likeness (QED) is 0.746. The van der Waals surface area contributed by atoms with Crippen molar-refractivity contribution in [3.05, 3.63) is 0 Å². The summed E-state index contributed by atoms with van der Waals surface area (Å²) in [4.78, 5) is 34.1. The van der Waals surface area contributed by atoms with Gasteiger partial charge in [0, 0.05) is 12.5 Å². The maximum Gasteiger partial charge on any atom is 0.408 e. The molecule has 0 aromatic heterocycles. The van der Waals surface area contributed by atoms with E-state index in [9.17, 15) is 14.4 Å². The van der Waals surface area contributed by atoms with E-state index >= 15 is 0 Å². The molecule has 1 fully saturated rings. The molecule has 108 valence electrons. The van der Waals surface area contributed by atoms with Crippen LogP contribution in [0.25, 0.3) is 0 Å². The Balaban J connectivity index is 2.47. The van der Waals surface area contributed by atoms with Crippen LogP contribution in [0.3, 0.4) is 0 Å². The average Bonchev–Trinajstić information content (AvgIpc) is 2.28. The van der Waals surface area contributed by atoms with Crippen LogP contribution < -0.4 is 10.6 Å². The van der Waals surface area contributed by atoms with Gasteiger partial charge < -0.3 is 20.2 Å². The highest BCUT2D eigenvalue weighted by Gasteiger charge is 2.27. The Kier molecular flexibility index (Phi) is 5.32. The smallest absolute Gasteiger partial charge is 0.408 e. The standard InChI is InChI=1S/C13H22N2O4/c1-13(2,3)19-12(18)15-10(8-16)7-9-5-4-6-14-11(9)17/h8-10H,4-7H2,1-3H3,(H,14,17)(H,15,18)/t9-,10-/m0/s1. The first-order chi connectivity index (χ1) is 8.81. The monoisotopic (exact) mass is 270 g/mol. The van der Waals surface area contributed by atoms with Crippen LogP contribution in [-0.2, 0) is 14.3 Å². The summed E-state index contributed by atoms with van der Waals surface area (Å²) in [7, 11) is 0. The van der Waals surface area contributed by atoms with Gasteiger partial charge in [-0.05, 0) is 40.0 Å². The third-order valence-electron chi connectivity index (χ3n) is 2.80. The van der Waals surface area contributed by atoms with Crippen molar-refractivity contribution in [2.24, 2.45) is 5.92 Å². The van der Waals surface area contributed by atoms with Gasteiger partial charge in [0.05, 0.1) is 6.04 Å². The molecule has 0 spiro atoms. The zero-order valence-electron chi connectivity index (χ0n) is 11.7. The van der Waals surface area contributed by atoms with Gasteiger partial charge in [-0.15, -0.1) is 0 Å². The Morgan fingerprint density at radius 3 is 2.79 bits per heavy atom. The van der Waals surface area contributed by atoms with Gasteiger partial charge in [-0.2, -0.15) is 0 Å². The first-order valence-corrected chi connectivity index (χ1v) is 6.54. The highest BCUT2D eigenvalue weighted by molar-refractivity contribution is 5.80. The summed E-state index contributed by atoms with van der Waals surface area (Å²) in [6, 6.07) is -0.691. The van der Waals surface area contributed by atoms with E-state index in [1.807, 2.05) is 0 Å². The fourth-order valence-corrected chi connectivity index (χ4v) is 1.97. The van der Waals surface area contributed by atoms with E-state index in [2.05, 4.69) is 10.6 Å². The number of rotatable bonds is 4. The van der Waals surface area contributed by atoms with Gasteiger partial charge in [-0.1, -0.05) is 0 Å². The van der Waals surface area contributed by atoms with Crippen molar-refractivity contribution in [1.29, 1.82) is 0 Å². The fraction of sp³-hybridized carbons (Fsp3) is 0.769. The summed E-state index contributed by atoms with van der Waals surface area (Å²) in [5.41, 5.74) is -0.611. The summed E-state index contributed by atoms with van der Waals surface area (Å²) in [5.74, 6) is -0.275. The second-order valence-electron chi connectivity index (χ2n) is 5.75. The van der Waals surface area contributed by atoms with Crippen molar-refractivity contribution in [1.82, 2.24) is 10.6 Å². The van der Waals surface area contributed by atoms with Crippen LogP contribution in [0.2, 0.25) is 0 Å². The SMILES string of the molecule is CC(C)(C)OC(=O)N[C@H](C=O)C[C@@H]1CCCNC1=O. The van der Waals surface area contributed by atoms with Crippen LogP contribution in [0.15, 0.2) is 0 Å². The third kappa shape index (κ3) is 5.72. The van der Waals surface area contributed by atoms with E-state index in [1.165, 1.54) is 0 Å². The molecule has 0 saturated carbocycles. The van der Waals surface area contributed by atoms with Crippen LogP contribution in [-0.4, -0.2) is 36.5 Å². The molecule has 0 aliphatic carbocycles. The Hall–Kier alpha value is -1.59. The van der Waals surface area contributed by atoms with Gasteiger partial charge in [0.2, 0.25) is 5.91 Å². The van der Waals surface area contributed by atoms with Gasteiger partial charge >= 0.3 is 6.09 Å². The predicted molar refractivity (Wildman–Crippen MR) is 69.6 cm³/mol. The topological polar surface area (TPSA) is 84.5 Å². The fourth-order valence-electron chi connectivity index (χ4n) is 1.97. The van der Waals surface area contributed by atoms with E-state index in [1.54, 1.807) is 20.8 Å². The second-order valence-corrected chi connectivity index (χ2v) is 5.75. The average molecular weight is 270 g/mol. The molecule has 19 heavy (non-hydrogen) atoms. The van der Waals surface area contributed by atoms with Crippen molar-refractivity contribution in [3.63, 3.8) is 0 Å². The van der Waals surface area contributed by atoms with Crippen LogP contribution in [0.5, 0.6) is 0 Å². The van der Waals surface area contributed by atoms with Crippen molar-refractivity contribution in [2.45, 2.75) is 51.7 Å². The maximum absolute atomic E-state index is 11.6. The molecule has 0 aromatic rings. The lowest BCUT2D eigenvalue weighted by atomic mass is 9.92.